The van der Waals surface area contributed by atoms with Gasteiger partial charge in [0.05, 0.1) is 6.10 Å². The number of carboxylic acids is 1. The van der Waals surface area contributed by atoms with Crippen LogP contribution < -0.4 is 0 Å². The molecule has 2 aromatic rings. The Bertz CT molecular complexity index is 893. The van der Waals surface area contributed by atoms with Crippen molar-refractivity contribution < 1.29 is 14.6 Å². The van der Waals surface area contributed by atoms with Crippen LogP contribution in [0.15, 0.2) is 42.5 Å². The molecule has 0 radical (unpaired) electrons. The van der Waals surface area contributed by atoms with E-state index in [0.717, 1.165) is 38.2 Å². The third-order valence-electron chi connectivity index (χ3n) is 6.87. The van der Waals surface area contributed by atoms with E-state index in [0.29, 0.717) is 10.8 Å². The van der Waals surface area contributed by atoms with Gasteiger partial charge in [0.1, 0.15) is 4.88 Å². The Morgan fingerprint density at radius 3 is 2.71 bits per heavy atom. The lowest BCUT2D eigenvalue weighted by Crippen LogP contribution is -2.19. The summed E-state index contributed by atoms with van der Waals surface area (Å²) >= 11 is 1.41. The van der Waals surface area contributed by atoms with Crippen LogP contribution in [-0.4, -0.2) is 17.7 Å². The molecule has 2 heterocycles. The van der Waals surface area contributed by atoms with Gasteiger partial charge < -0.3 is 9.84 Å². The largest absolute Gasteiger partial charge is 0.477 e. The molecule has 3 atom stereocenters. The first-order chi connectivity index (χ1) is 15.1. The molecule has 2 aliphatic rings. The number of benzene rings is 1. The number of hydrogen-bond acceptors (Lipinski definition) is 3. The standard InChI is InChI=1S/C27H34O3S/c1-2-5-19-16-17-30-25(18-19)22-12-10-21(11-13-22)24-9-4-7-20(24)6-3-8-23-14-15-26(31-23)27(28)29/h9-15,19-20,25H,2-8,16-18H2,1H3,(H,28,29)/t19?,20-,25?/m0/s1. The number of aryl methyl sites for hydroxylation is 1. The Labute approximate surface area is 190 Å². The first-order valence-corrected chi connectivity index (χ1v) is 12.7. The Balaban J connectivity index is 1.32. The van der Waals surface area contributed by atoms with Crippen LogP contribution in [0.3, 0.4) is 0 Å². The van der Waals surface area contributed by atoms with Gasteiger partial charge in [0, 0.05) is 11.5 Å². The molecular weight excluding hydrogens is 404 g/mol. The molecule has 1 saturated heterocycles. The number of ether oxygens (including phenoxy) is 1. The first kappa shape index (κ1) is 22.3. The van der Waals surface area contributed by atoms with Crippen LogP contribution in [0, 0.1) is 11.8 Å². The lowest BCUT2D eigenvalue weighted by Gasteiger charge is -2.30. The molecular formula is C27H34O3S. The Hall–Kier alpha value is -1.91. The molecule has 1 fully saturated rings. The third kappa shape index (κ3) is 5.67. The lowest BCUT2D eigenvalue weighted by molar-refractivity contribution is -0.0121. The van der Waals surface area contributed by atoms with Gasteiger partial charge >= 0.3 is 5.97 Å². The van der Waals surface area contributed by atoms with Gasteiger partial charge in [-0.3, -0.25) is 0 Å². The SMILES string of the molecule is CCCC1CCOC(c2ccc(C3=CCC[C@@H]3CCCc3ccc(C(=O)O)s3)cc2)C1. The number of aromatic carboxylic acids is 1. The topological polar surface area (TPSA) is 46.5 Å². The molecule has 0 saturated carbocycles. The second-order valence-corrected chi connectivity index (χ2v) is 10.2. The summed E-state index contributed by atoms with van der Waals surface area (Å²) in [5, 5.41) is 9.09. The van der Waals surface area contributed by atoms with E-state index in [2.05, 4.69) is 37.3 Å². The van der Waals surface area contributed by atoms with E-state index in [-0.39, 0.29) is 6.10 Å². The molecule has 1 aliphatic heterocycles. The highest BCUT2D eigenvalue weighted by atomic mass is 32.1. The van der Waals surface area contributed by atoms with Crippen molar-refractivity contribution in [2.75, 3.05) is 6.61 Å². The molecule has 1 N–H and O–H groups in total. The average molecular weight is 439 g/mol. The number of rotatable bonds is 9. The van der Waals surface area contributed by atoms with Crippen molar-refractivity contribution in [1.82, 2.24) is 0 Å². The fourth-order valence-electron chi connectivity index (χ4n) is 5.22. The highest BCUT2D eigenvalue weighted by Gasteiger charge is 2.24. The van der Waals surface area contributed by atoms with Gasteiger partial charge in [-0.25, -0.2) is 4.79 Å². The maximum absolute atomic E-state index is 11.1. The summed E-state index contributed by atoms with van der Waals surface area (Å²) in [4.78, 5) is 12.7. The fourth-order valence-corrected chi connectivity index (χ4v) is 6.11. The highest BCUT2D eigenvalue weighted by Crippen LogP contribution is 2.39. The monoisotopic (exact) mass is 438 g/mol. The molecule has 1 aromatic heterocycles. The summed E-state index contributed by atoms with van der Waals surface area (Å²) in [6.45, 7) is 3.17. The summed E-state index contributed by atoms with van der Waals surface area (Å²) in [6.07, 6.45) is 13.3. The van der Waals surface area contributed by atoms with E-state index in [1.54, 1.807) is 6.07 Å². The van der Waals surface area contributed by atoms with Gasteiger partial charge in [-0.15, -0.1) is 11.3 Å². The smallest absolute Gasteiger partial charge is 0.345 e. The Morgan fingerprint density at radius 1 is 1.13 bits per heavy atom. The summed E-state index contributed by atoms with van der Waals surface area (Å²) in [6, 6.07) is 12.9. The molecule has 4 rings (SSSR count). The van der Waals surface area contributed by atoms with E-state index in [1.165, 1.54) is 65.0 Å². The second-order valence-electron chi connectivity index (χ2n) is 9.06. The van der Waals surface area contributed by atoms with Gasteiger partial charge in [0.15, 0.2) is 0 Å². The molecule has 4 heteroatoms. The van der Waals surface area contributed by atoms with Gasteiger partial charge in [0.2, 0.25) is 0 Å². The molecule has 3 nitrogen and oxygen atoms in total. The van der Waals surface area contributed by atoms with Crippen LogP contribution in [0.4, 0.5) is 0 Å². The van der Waals surface area contributed by atoms with Crippen LogP contribution >= 0.6 is 11.3 Å². The van der Waals surface area contributed by atoms with E-state index in [1.807, 2.05) is 6.07 Å². The molecule has 1 aliphatic carbocycles. The number of hydrogen-bond donors (Lipinski definition) is 1. The predicted octanol–water partition coefficient (Wildman–Crippen LogP) is 7.53. The minimum absolute atomic E-state index is 0.259. The van der Waals surface area contributed by atoms with Crippen LogP contribution in [-0.2, 0) is 11.2 Å². The van der Waals surface area contributed by atoms with Crippen molar-refractivity contribution in [2.45, 2.75) is 70.8 Å². The number of carbonyl (C=O) groups is 1. The Morgan fingerprint density at radius 2 is 1.97 bits per heavy atom. The average Bonchev–Trinajstić information content (AvgIpc) is 3.44. The zero-order valence-electron chi connectivity index (χ0n) is 18.5. The number of carboxylic acid groups (broad SMARTS) is 1. The van der Waals surface area contributed by atoms with Gasteiger partial charge in [0.25, 0.3) is 0 Å². The molecule has 166 valence electrons. The predicted molar refractivity (Wildman–Crippen MR) is 128 cm³/mol. The quantitative estimate of drug-likeness (QED) is 0.440. The lowest BCUT2D eigenvalue weighted by atomic mass is 9.87. The molecule has 0 amide bonds. The van der Waals surface area contributed by atoms with Crippen molar-refractivity contribution in [3.05, 3.63) is 63.4 Å². The van der Waals surface area contributed by atoms with Crippen molar-refractivity contribution >= 4 is 22.9 Å². The fraction of sp³-hybridized carbons (Fsp3) is 0.519. The number of thiophene rings is 1. The molecule has 2 unspecified atom stereocenters. The van der Waals surface area contributed by atoms with Crippen molar-refractivity contribution in [2.24, 2.45) is 11.8 Å². The molecule has 1 aromatic carbocycles. The summed E-state index contributed by atoms with van der Waals surface area (Å²) in [7, 11) is 0. The normalized spacial score (nSPS) is 23.6. The van der Waals surface area contributed by atoms with Crippen molar-refractivity contribution in [3.63, 3.8) is 0 Å². The zero-order valence-corrected chi connectivity index (χ0v) is 19.3. The van der Waals surface area contributed by atoms with E-state index < -0.39 is 5.97 Å². The van der Waals surface area contributed by atoms with E-state index in [9.17, 15) is 4.79 Å². The molecule has 31 heavy (non-hydrogen) atoms. The van der Waals surface area contributed by atoms with Crippen molar-refractivity contribution in [1.29, 1.82) is 0 Å². The van der Waals surface area contributed by atoms with Gasteiger partial charge in [-0.05, 0) is 85.6 Å². The van der Waals surface area contributed by atoms with Crippen LogP contribution in [0.25, 0.3) is 5.57 Å². The van der Waals surface area contributed by atoms with Crippen molar-refractivity contribution in [3.8, 4) is 0 Å². The highest BCUT2D eigenvalue weighted by molar-refractivity contribution is 7.13. The van der Waals surface area contributed by atoms with Crippen LogP contribution in [0.1, 0.15) is 90.1 Å². The third-order valence-corrected chi connectivity index (χ3v) is 8.01. The minimum Gasteiger partial charge on any atom is -0.477 e. The second kappa shape index (κ2) is 10.6. The zero-order chi connectivity index (χ0) is 21.6. The summed E-state index contributed by atoms with van der Waals surface area (Å²) in [5.74, 6) is 0.602. The van der Waals surface area contributed by atoms with Gasteiger partial charge in [-0.1, -0.05) is 50.1 Å². The Kier molecular flexibility index (Phi) is 7.62. The van der Waals surface area contributed by atoms with Crippen LogP contribution in [0.2, 0.25) is 0 Å². The maximum Gasteiger partial charge on any atom is 0.345 e. The van der Waals surface area contributed by atoms with E-state index in [4.69, 9.17) is 9.84 Å². The first-order valence-electron chi connectivity index (χ1n) is 11.9. The summed E-state index contributed by atoms with van der Waals surface area (Å²) < 4.78 is 6.09. The molecule has 0 bridgehead atoms. The molecule has 0 spiro atoms. The van der Waals surface area contributed by atoms with Crippen LogP contribution in [0.5, 0.6) is 0 Å². The number of allylic oxidation sites excluding steroid dienone is 2. The maximum atomic E-state index is 11.1. The summed E-state index contributed by atoms with van der Waals surface area (Å²) in [5.41, 5.74) is 4.18. The van der Waals surface area contributed by atoms with E-state index >= 15 is 0 Å². The minimum atomic E-state index is -0.819. The van der Waals surface area contributed by atoms with Gasteiger partial charge in [-0.2, -0.15) is 0 Å².